The SMILES string of the molecule is COc1cncc(C(NC(=O)Cc2ccccn2)C2CC(O)C2)c1. The van der Waals surface area contributed by atoms with Crippen molar-refractivity contribution in [2.75, 3.05) is 7.11 Å². The number of nitrogens with one attached hydrogen (secondary N) is 1. The summed E-state index contributed by atoms with van der Waals surface area (Å²) in [4.78, 5) is 20.8. The molecule has 24 heavy (non-hydrogen) atoms. The number of amides is 1. The molecule has 1 aliphatic rings. The van der Waals surface area contributed by atoms with E-state index in [1.807, 2.05) is 24.3 Å². The average Bonchev–Trinajstić information content (AvgIpc) is 2.58. The lowest BCUT2D eigenvalue weighted by atomic mass is 9.75. The third-order valence-corrected chi connectivity index (χ3v) is 4.33. The first-order valence-electron chi connectivity index (χ1n) is 8.02. The van der Waals surface area contributed by atoms with Crippen molar-refractivity contribution in [2.24, 2.45) is 5.92 Å². The fourth-order valence-corrected chi connectivity index (χ4v) is 2.98. The van der Waals surface area contributed by atoms with Crippen molar-refractivity contribution in [3.63, 3.8) is 0 Å². The lowest BCUT2D eigenvalue weighted by Gasteiger charge is -2.38. The lowest BCUT2D eigenvalue weighted by molar-refractivity contribution is -0.122. The van der Waals surface area contributed by atoms with E-state index >= 15 is 0 Å². The fourth-order valence-electron chi connectivity index (χ4n) is 2.98. The molecule has 6 nitrogen and oxygen atoms in total. The van der Waals surface area contributed by atoms with E-state index in [2.05, 4.69) is 15.3 Å². The summed E-state index contributed by atoms with van der Waals surface area (Å²) in [7, 11) is 1.59. The molecule has 2 heterocycles. The van der Waals surface area contributed by atoms with Gasteiger partial charge in [-0.2, -0.15) is 0 Å². The molecule has 3 rings (SSSR count). The van der Waals surface area contributed by atoms with Gasteiger partial charge in [-0.15, -0.1) is 0 Å². The molecule has 0 aliphatic heterocycles. The summed E-state index contributed by atoms with van der Waals surface area (Å²) in [5.41, 5.74) is 1.62. The molecule has 2 aromatic heterocycles. The van der Waals surface area contributed by atoms with E-state index in [-0.39, 0.29) is 30.4 Å². The van der Waals surface area contributed by atoms with Gasteiger partial charge in [0, 0.05) is 18.1 Å². The van der Waals surface area contributed by atoms with E-state index < -0.39 is 0 Å². The van der Waals surface area contributed by atoms with Gasteiger partial charge >= 0.3 is 0 Å². The number of aliphatic hydroxyl groups excluding tert-OH is 1. The zero-order valence-electron chi connectivity index (χ0n) is 13.6. The van der Waals surface area contributed by atoms with Gasteiger partial charge in [0.05, 0.1) is 31.9 Å². The molecule has 1 saturated carbocycles. The normalized spacial score (nSPS) is 20.8. The molecule has 0 saturated heterocycles. The number of hydrogen-bond acceptors (Lipinski definition) is 5. The van der Waals surface area contributed by atoms with E-state index in [4.69, 9.17) is 4.74 Å². The third-order valence-electron chi connectivity index (χ3n) is 4.33. The maximum Gasteiger partial charge on any atom is 0.226 e. The Bertz CT molecular complexity index is 687. The Morgan fingerprint density at radius 3 is 2.92 bits per heavy atom. The van der Waals surface area contributed by atoms with Crippen LogP contribution >= 0.6 is 0 Å². The van der Waals surface area contributed by atoms with Crippen LogP contribution in [0.1, 0.15) is 30.1 Å². The molecule has 0 spiro atoms. The van der Waals surface area contributed by atoms with Gasteiger partial charge in [-0.1, -0.05) is 6.07 Å². The minimum Gasteiger partial charge on any atom is -0.495 e. The number of aliphatic hydroxyl groups is 1. The van der Waals surface area contributed by atoms with Crippen LogP contribution in [0, 0.1) is 5.92 Å². The monoisotopic (exact) mass is 327 g/mol. The second-order valence-corrected chi connectivity index (χ2v) is 6.09. The van der Waals surface area contributed by atoms with Gasteiger partial charge in [-0.05, 0) is 42.5 Å². The van der Waals surface area contributed by atoms with Gasteiger partial charge in [0.2, 0.25) is 5.91 Å². The highest BCUT2D eigenvalue weighted by atomic mass is 16.5. The zero-order valence-corrected chi connectivity index (χ0v) is 13.6. The van der Waals surface area contributed by atoms with Crippen LogP contribution in [0.15, 0.2) is 42.9 Å². The van der Waals surface area contributed by atoms with Crippen molar-refractivity contribution >= 4 is 5.91 Å². The molecule has 2 N–H and O–H groups in total. The Kier molecular flexibility index (Phi) is 5.05. The van der Waals surface area contributed by atoms with Gasteiger partial charge in [0.25, 0.3) is 0 Å². The fraction of sp³-hybridized carbons (Fsp3) is 0.389. The number of hydrogen-bond donors (Lipinski definition) is 2. The first-order valence-corrected chi connectivity index (χ1v) is 8.02. The van der Waals surface area contributed by atoms with Crippen LogP contribution in [0.5, 0.6) is 5.75 Å². The molecule has 1 fully saturated rings. The predicted octanol–water partition coefficient (Wildman–Crippen LogP) is 1.66. The maximum absolute atomic E-state index is 12.4. The van der Waals surface area contributed by atoms with E-state index in [0.29, 0.717) is 18.6 Å². The van der Waals surface area contributed by atoms with Crippen molar-refractivity contribution in [1.29, 1.82) is 0 Å². The summed E-state index contributed by atoms with van der Waals surface area (Å²) in [6.45, 7) is 0. The van der Waals surface area contributed by atoms with E-state index in [1.54, 1.807) is 25.7 Å². The minimum atomic E-state index is -0.288. The van der Waals surface area contributed by atoms with Crippen LogP contribution in [0.25, 0.3) is 0 Å². The first-order chi connectivity index (χ1) is 11.7. The third kappa shape index (κ3) is 3.89. The summed E-state index contributed by atoms with van der Waals surface area (Å²) in [6, 6.07) is 7.20. The minimum absolute atomic E-state index is 0.0945. The van der Waals surface area contributed by atoms with E-state index in [0.717, 1.165) is 11.3 Å². The molecule has 1 amide bonds. The topological polar surface area (TPSA) is 84.3 Å². The standard InChI is InChI=1S/C18H21N3O3/c1-24-16-8-13(10-19-11-16)18(12-6-15(22)7-12)21-17(23)9-14-4-2-3-5-20-14/h2-5,8,10-12,15,18,22H,6-7,9H2,1H3,(H,21,23). The van der Waals surface area contributed by atoms with Crippen molar-refractivity contribution in [1.82, 2.24) is 15.3 Å². The number of methoxy groups -OCH3 is 1. The van der Waals surface area contributed by atoms with E-state index in [1.165, 1.54) is 0 Å². The number of nitrogens with zero attached hydrogens (tertiary/aromatic N) is 2. The predicted molar refractivity (Wildman–Crippen MR) is 88.3 cm³/mol. The summed E-state index contributed by atoms with van der Waals surface area (Å²) in [5, 5.41) is 12.7. The summed E-state index contributed by atoms with van der Waals surface area (Å²) >= 11 is 0. The molecular weight excluding hydrogens is 306 g/mol. The first kappa shape index (κ1) is 16.4. The highest BCUT2D eigenvalue weighted by molar-refractivity contribution is 5.78. The Morgan fingerprint density at radius 1 is 1.42 bits per heavy atom. The summed E-state index contributed by atoms with van der Waals surface area (Å²) < 4.78 is 5.22. The molecule has 1 aliphatic carbocycles. The van der Waals surface area contributed by atoms with Crippen LogP contribution < -0.4 is 10.1 Å². The highest BCUT2D eigenvalue weighted by Gasteiger charge is 2.36. The van der Waals surface area contributed by atoms with Gasteiger partial charge in [0.15, 0.2) is 0 Å². The molecule has 2 aromatic rings. The second kappa shape index (κ2) is 7.40. The van der Waals surface area contributed by atoms with Gasteiger partial charge in [-0.25, -0.2) is 0 Å². The largest absolute Gasteiger partial charge is 0.495 e. The molecule has 6 heteroatoms. The number of carbonyl (C=O) groups is 1. The number of aromatic nitrogens is 2. The smallest absolute Gasteiger partial charge is 0.226 e. The molecular formula is C18H21N3O3. The molecule has 0 radical (unpaired) electrons. The van der Waals surface area contributed by atoms with Crippen LogP contribution in [0.2, 0.25) is 0 Å². The summed E-state index contributed by atoms with van der Waals surface area (Å²) in [5.74, 6) is 0.751. The van der Waals surface area contributed by atoms with Crippen LogP contribution in [0.4, 0.5) is 0 Å². The number of carbonyl (C=O) groups excluding carboxylic acids is 1. The second-order valence-electron chi connectivity index (χ2n) is 6.09. The van der Waals surface area contributed by atoms with Crippen LogP contribution in [0.3, 0.4) is 0 Å². The number of rotatable bonds is 6. The maximum atomic E-state index is 12.4. The van der Waals surface area contributed by atoms with Crippen LogP contribution in [-0.2, 0) is 11.2 Å². The van der Waals surface area contributed by atoms with Crippen LogP contribution in [-0.4, -0.2) is 34.2 Å². The Labute approximate surface area is 140 Å². The van der Waals surface area contributed by atoms with E-state index in [9.17, 15) is 9.90 Å². The van der Waals surface area contributed by atoms with Crippen molar-refractivity contribution in [3.8, 4) is 5.75 Å². The van der Waals surface area contributed by atoms with Gasteiger partial charge in [0.1, 0.15) is 5.75 Å². The Morgan fingerprint density at radius 2 is 2.25 bits per heavy atom. The lowest BCUT2D eigenvalue weighted by Crippen LogP contribution is -2.42. The molecule has 0 bridgehead atoms. The molecule has 1 unspecified atom stereocenters. The van der Waals surface area contributed by atoms with Crippen molar-refractivity contribution < 1.29 is 14.6 Å². The number of ether oxygens (including phenoxy) is 1. The Hall–Kier alpha value is -2.47. The molecule has 1 atom stereocenters. The van der Waals surface area contributed by atoms with Crippen molar-refractivity contribution in [2.45, 2.75) is 31.4 Å². The Balaban J connectivity index is 1.73. The van der Waals surface area contributed by atoms with Crippen molar-refractivity contribution in [3.05, 3.63) is 54.1 Å². The van der Waals surface area contributed by atoms with Gasteiger partial charge < -0.3 is 15.2 Å². The molecule has 126 valence electrons. The zero-order chi connectivity index (χ0) is 16.9. The summed E-state index contributed by atoms with van der Waals surface area (Å²) in [6.07, 6.45) is 6.32. The average molecular weight is 327 g/mol. The highest BCUT2D eigenvalue weighted by Crippen LogP contribution is 2.38. The quantitative estimate of drug-likeness (QED) is 0.843. The van der Waals surface area contributed by atoms with Gasteiger partial charge in [-0.3, -0.25) is 14.8 Å². The number of pyridine rings is 2. The molecule has 0 aromatic carbocycles.